The fourth-order valence-electron chi connectivity index (χ4n) is 12.4. The molecular formula is C46H50F2N9O5+. The Morgan fingerprint density at radius 1 is 0.935 bits per heavy atom. The van der Waals surface area contributed by atoms with Gasteiger partial charge in [0.2, 0.25) is 17.7 Å². The normalized spacial score (nSPS) is 26.8. The van der Waals surface area contributed by atoms with Gasteiger partial charge in [-0.1, -0.05) is 6.07 Å². The summed E-state index contributed by atoms with van der Waals surface area (Å²) >= 11 is 0. The smallest absolute Gasteiger partial charge is 0.264 e. The second-order valence-electron chi connectivity index (χ2n) is 19.0. The van der Waals surface area contributed by atoms with E-state index in [0.717, 1.165) is 113 Å². The average molecular weight is 847 g/mol. The van der Waals surface area contributed by atoms with Gasteiger partial charge in [-0.2, -0.15) is 10.2 Å². The minimum Gasteiger partial charge on any atom is -0.338 e. The number of nitrogens with zero attached hydrogens (tertiary/aromatic N) is 8. The second-order valence-corrected chi connectivity index (χ2v) is 19.0. The zero-order valence-corrected chi connectivity index (χ0v) is 35.1. The summed E-state index contributed by atoms with van der Waals surface area (Å²) in [6.45, 7) is 6.90. The first-order chi connectivity index (χ1) is 29.8. The van der Waals surface area contributed by atoms with E-state index in [1.165, 1.54) is 0 Å². The van der Waals surface area contributed by atoms with Crippen molar-refractivity contribution in [3.63, 3.8) is 0 Å². The molecule has 2 aromatic heterocycles. The number of aromatic nitrogens is 4. The van der Waals surface area contributed by atoms with Crippen molar-refractivity contribution in [3.05, 3.63) is 81.3 Å². The Bertz CT molecular complexity index is 2620. The molecule has 14 nitrogen and oxygen atoms in total. The molecule has 62 heavy (non-hydrogen) atoms. The van der Waals surface area contributed by atoms with Crippen molar-refractivity contribution < 1.29 is 37.2 Å². The number of aryl methyl sites for hydroxylation is 2. The fraction of sp³-hybridized carbons (Fsp3) is 0.500. The number of anilines is 2. The lowest BCUT2D eigenvalue weighted by molar-refractivity contribution is -0.998. The van der Waals surface area contributed by atoms with E-state index in [-0.39, 0.29) is 35.8 Å². The van der Waals surface area contributed by atoms with E-state index in [4.69, 9.17) is 5.10 Å². The molecule has 1 unspecified atom stereocenters. The van der Waals surface area contributed by atoms with Crippen LogP contribution in [0.3, 0.4) is 0 Å². The molecule has 1 N–H and O–H groups in total. The number of nitrogens with one attached hydrogen (secondary N) is 1. The highest BCUT2D eigenvalue weighted by molar-refractivity contribution is 6.24. The molecule has 11 rings (SSSR count). The third-order valence-electron chi connectivity index (χ3n) is 15.3. The van der Waals surface area contributed by atoms with Gasteiger partial charge in [-0.15, -0.1) is 0 Å². The van der Waals surface area contributed by atoms with Gasteiger partial charge >= 0.3 is 0 Å². The lowest BCUT2D eigenvalue weighted by Gasteiger charge is -2.61. The highest BCUT2D eigenvalue weighted by atomic mass is 19.3. The van der Waals surface area contributed by atoms with Crippen LogP contribution in [0.1, 0.15) is 119 Å². The van der Waals surface area contributed by atoms with Crippen LogP contribution in [-0.2, 0) is 53.8 Å². The zero-order chi connectivity index (χ0) is 42.8. The van der Waals surface area contributed by atoms with Crippen LogP contribution in [0.2, 0.25) is 0 Å². The van der Waals surface area contributed by atoms with Crippen LogP contribution in [0.15, 0.2) is 36.7 Å². The summed E-state index contributed by atoms with van der Waals surface area (Å²) in [5.41, 5.74) is 7.96. The van der Waals surface area contributed by atoms with Crippen molar-refractivity contribution in [1.82, 2.24) is 34.7 Å². The molecule has 8 heterocycles. The molecule has 1 atom stereocenters. The van der Waals surface area contributed by atoms with E-state index in [9.17, 15) is 32.8 Å². The Hall–Kier alpha value is -5.77. The molecule has 1 saturated carbocycles. The third kappa shape index (κ3) is 6.06. The summed E-state index contributed by atoms with van der Waals surface area (Å²) in [5.74, 6) is -1.13. The molecule has 2 spiro atoms. The maximum Gasteiger partial charge on any atom is 0.264 e. The van der Waals surface area contributed by atoms with Crippen LogP contribution in [-0.4, -0.2) is 102 Å². The minimum absolute atomic E-state index is 0.00374. The maximum absolute atomic E-state index is 14.8. The van der Waals surface area contributed by atoms with E-state index in [0.29, 0.717) is 54.9 Å². The number of imide groups is 2. The van der Waals surface area contributed by atoms with Crippen molar-refractivity contribution in [2.75, 3.05) is 37.6 Å². The SMILES string of the molecule is CC(=O)N1CCc2c(c(N3CCCc4cc(-c5cnn(C)c5)c(C(F)F)cc43)nn2C2CCC3(CC2)C[N+]2(CCc4ccc5c(c4C2)C(=O)N(C2CCC(=O)NC2=O)C5=O)C3)C1. The number of carbonyl (C=O) groups excluding carboxylic acids is 5. The van der Waals surface area contributed by atoms with Crippen LogP contribution in [0.5, 0.6) is 0 Å². The molecule has 3 fully saturated rings. The Morgan fingerprint density at radius 3 is 2.47 bits per heavy atom. The number of fused-ring (bicyclic) bond motifs is 5. The van der Waals surface area contributed by atoms with Gasteiger partial charge in [0.15, 0.2) is 5.82 Å². The van der Waals surface area contributed by atoms with Gasteiger partial charge in [0.05, 0.1) is 55.0 Å². The van der Waals surface area contributed by atoms with Crippen LogP contribution in [0.25, 0.3) is 11.1 Å². The van der Waals surface area contributed by atoms with E-state index in [2.05, 4.69) is 20.0 Å². The number of benzene rings is 2. The van der Waals surface area contributed by atoms with Gasteiger partial charge in [-0.3, -0.25) is 43.6 Å². The van der Waals surface area contributed by atoms with Gasteiger partial charge in [0, 0.05) is 86.2 Å². The Labute approximate surface area is 357 Å². The van der Waals surface area contributed by atoms with Crippen LogP contribution in [0.4, 0.5) is 20.3 Å². The third-order valence-corrected chi connectivity index (χ3v) is 15.3. The average Bonchev–Trinajstić information content (AvgIpc) is 3.93. The van der Waals surface area contributed by atoms with Crippen molar-refractivity contribution in [2.24, 2.45) is 12.5 Å². The van der Waals surface area contributed by atoms with Gasteiger partial charge in [0.25, 0.3) is 18.2 Å². The predicted molar refractivity (Wildman–Crippen MR) is 221 cm³/mol. The summed E-state index contributed by atoms with van der Waals surface area (Å²) < 4.78 is 34.3. The minimum atomic E-state index is -2.68. The number of quaternary nitrogens is 1. The number of hydrogen-bond acceptors (Lipinski definition) is 8. The van der Waals surface area contributed by atoms with E-state index >= 15 is 0 Å². The number of hydrogen-bond donors (Lipinski definition) is 1. The first kappa shape index (κ1) is 39.1. The van der Waals surface area contributed by atoms with E-state index < -0.39 is 36.1 Å². The standard InChI is InChI=1S/C46H49F2N9O5/c1-26(58)53-16-11-36-34(22-53)42(54-15-3-4-28-18-32(29-20-49-52(2)21-29)33(41(47)48)19-38(28)54)51-56(36)30-9-13-46(14-10-30)24-57(25-46)17-12-27-5-6-31-40(35(27)23-57)45(62)55(44(31)61)37-7-8-39(59)50-43(37)60/h5-6,18-21,30,37,41H,3-4,7-17,22-25H2,1-2H3/p+1. The second kappa shape index (κ2) is 14.1. The van der Waals surface area contributed by atoms with Gasteiger partial charge in [-0.25, -0.2) is 8.78 Å². The number of carbonyl (C=O) groups is 5. The van der Waals surface area contributed by atoms with E-state index in [1.54, 1.807) is 43.2 Å². The van der Waals surface area contributed by atoms with Crippen LogP contribution < -0.4 is 10.2 Å². The van der Waals surface area contributed by atoms with Crippen molar-refractivity contribution in [3.8, 4) is 11.1 Å². The molecule has 2 saturated heterocycles. The molecule has 6 aliphatic heterocycles. The molecule has 1 aliphatic carbocycles. The summed E-state index contributed by atoms with van der Waals surface area (Å²) in [6.07, 6.45) is 7.98. The number of alkyl halides is 2. The summed E-state index contributed by atoms with van der Waals surface area (Å²) in [5, 5.41) is 11.9. The number of rotatable bonds is 5. The quantitative estimate of drug-likeness (QED) is 0.211. The molecule has 0 radical (unpaired) electrons. The highest BCUT2D eigenvalue weighted by Crippen LogP contribution is 2.53. The summed E-state index contributed by atoms with van der Waals surface area (Å²) in [7, 11) is 1.78. The van der Waals surface area contributed by atoms with E-state index in [1.807, 2.05) is 17.0 Å². The molecule has 5 amide bonds. The fourth-order valence-corrected chi connectivity index (χ4v) is 12.4. The van der Waals surface area contributed by atoms with Gasteiger partial charge < -0.3 is 14.3 Å². The van der Waals surface area contributed by atoms with Gasteiger partial charge in [0.1, 0.15) is 12.6 Å². The molecule has 2 aromatic carbocycles. The van der Waals surface area contributed by atoms with Crippen LogP contribution in [0, 0.1) is 5.41 Å². The molecule has 4 aromatic rings. The largest absolute Gasteiger partial charge is 0.338 e. The molecular weight excluding hydrogens is 797 g/mol. The Morgan fingerprint density at radius 2 is 1.74 bits per heavy atom. The van der Waals surface area contributed by atoms with Crippen molar-refractivity contribution >= 4 is 41.0 Å². The lowest BCUT2D eigenvalue weighted by atomic mass is 9.65. The van der Waals surface area contributed by atoms with Gasteiger partial charge in [-0.05, 0) is 79.8 Å². The Kier molecular flexibility index (Phi) is 8.91. The first-order valence-corrected chi connectivity index (χ1v) is 22.1. The number of amides is 5. The van der Waals surface area contributed by atoms with Crippen molar-refractivity contribution in [1.29, 1.82) is 0 Å². The molecule has 0 bridgehead atoms. The summed E-state index contributed by atoms with van der Waals surface area (Å²) in [6, 6.07) is 6.43. The Balaban J connectivity index is 0.840. The predicted octanol–water partition coefficient (Wildman–Crippen LogP) is 5.30. The molecule has 322 valence electrons. The lowest BCUT2D eigenvalue weighted by Crippen LogP contribution is -2.71. The summed E-state index contributed by atoms with van der Waals surface area (Å²) in [4.78, 5) is 70.0. The monoisotopic (exact) mass is 846 g/mol. The molecule has 7 aliphatic rings. The highest BCUT2D eigenvalue weighted by Gasteiger charge is 2.58. The van der Waals surface area contributed by atoms with Crippen molar-refractivity contribution in [2.45, 2.75) is 103 Å². The number of piperidine rings is 1. The zero-order valence-electron chi connectivity index (χ0n) is 35.1. The topological polar surface area (TPSA) is 143 Å². The van der Waals surface area contributed by atoms with Crippen LogP contribution >= 0.6 is 0 Å². The molecule has 16 heteroatoms. The maximum atomic E-state index is 14.8. The first-order valence-electron chi connectivity index (χ1n) is 22.1. The number of halogens is 2.